The van der Waals surface area contributed by atoms with E-state index in [-0.39, 0.29) is 18.2 Å². The highest BCUT2D eigenvalue weighted by molar-refractivity contribution is 6.31. The molecule has 40 heavy (non-hydrogen) atoms. The Labute approximate surface area is 238 Å². The molecule has 9 heteroatoms. The van der Waals surface area contributed by atoms with Gasteiger partial charge >= 0.3 is 5.97 Å². The summed E-state index contributed by atoms with van der Waals surface area (Å²) < 4.78 is 0. The first-order chi connectivity index (χ1) is 19.1. The van der Waals surface area contributed by atoms with Gasteiger partial charge in [-0.15, -0.1) is 0 Å². The number of carbonyl (C=O) groups is 2. The van der Waals surface area contributed by atoms with Crippen LogP contribution in [0.5, 0.6) is 5.88 Å². The Kier molecular flexibility index (Phi) is 9.24. The van der Waals surface area contributed by atoms with Crippen molar-refractivity contribution >= 4 is 51.5 Å². The normalized spacial score (nSPS) is 11.8. The van der Waals surface area contributed by atoms with E-state index in [1.807, 2.05) is 68.7 Å². The summed E-state index contributed by atoms with van der Waals surface area (Å²) in [5.41, 5.74) is 4.69. The number of nitrogens with zero attached hydrogens (tertiary/aromatic N) is 3. The van der Waals surface area contributed by atoms with Gasteiger partial charge in [0.15, 0.2) is 5.88 Å². The number of rotatable bonds is 11. The van der Waals surface area contributed by atoms with Gasteiger partial charge in [-0.2, -0.15) is 0 Å². The highest BCUT2D eigenvalue weighted by Crippen LogP contribution is 2.33. The van der Waals surface area contributed by atoms with Crippen molar-refractivity contribution in [2.24, 2.45) is 4.99 Å². The van der Waals surface area contributed by atoms with Crippen molar-refractivity contribution < 1.29 is 19.8 Å². The second-order valence-corrected chi connectivity index (χ2v) is 10.4. The number of anilines is 1. The number of aliphatic carboxylic acids is 1. The van der Waals surface area contributed by atoms with E-state index in [2.05, 4.69) is 9.88 Å². The minimum atomic E-state index is -0.869. The van der Waals surface area contributed by atoms with Gasteiger partial charge in [-0.05, 0) is 81.5 Å². The van der Waals surface area contributed by atoms with Crippen molar-refractivity contribution in [3.63, 3.8) is 0 Å². The number of carboxylic acid groups (broad SMARTS) is 1. The lowest BCUT2D eigenvalue weighted by atomic mass is 9.97. The van der Waals surface area contributed by atoms with Crippen LogP contribution < -0.4 is 4.90 Å². The molecule has 8 nitrogen and oxygen atoms in total. The van der Waals surface area contributed by atoms with E-state index in [9.17, 15) is 14.7 Å². The van der Waals surface area contributed by atoms with Crippen molar-refractivity contribution in [1.82, 2.24) is 9.88 Å². The maximum atomic E-state index is 12.3. The van der Waals surface area contributed by atoms with E-state index in [4.69, 9.17) is 21.7 Å². The Bertz CT molecular complexity index is 1540. The number of aromatic amines is 1. The van der Waals surface area contributed by atoms with Crippen molar-refractivity contribution in [1.29, 1.82) is 0 Å². The lowest BCUT2D eigenvalue weighted by molar-refractivity contribution is -0.137. The molecule has 1 amide bonds. The van der Waals surface area contributed by atoms with Gasteiger partial charge in [0.2, 0.25) is 5.91 Å². The van der Waals surface area contributed by atoms with Crippen LogP contribution in [0.3, 0.4) is 0 Å². The zero-order valence-electron chi connectivity index (χ0n) is 22.8. The molecule has 0 atom stereocenters. The average Bonchev–Trinajstić information content (AvgIpc) is 3.23. The predicted octanol–water partition coefficient (Wildman–Crippen LogP) is 6.02. The second kappa shape index (κ2) is 12.8. The lowest BCUT2D eigenvalue weighted by Gasteiger charge is -2.22. The Morgan fingerprint density at radius 2 is 1.75 bits per heavy atom. The topological polar surface area (TPSA) is 109 Å². The number of aliphatic imine (C=N–C) groups is 1. The van der Waals surface area contributed by atoms with Crippen LogP contribution in [0, 0.1) is 0 Å². The number of aromatic hydroxyl groups is 1. The number of carboxylic acids is 1. The highest BCUT2D eigenvalue weighted by Gasteiger charge is 2.20. The van der Waals surface area contributed by atoms with Gasteiger partial charge in [0.05, 0.1) is 22.5 Å². The molecule has 0 bridgehead atoms. The molecular formula is C31H33ClN4O4. The van der Waals surface area contributed by atoms with Gasteiger partial charge in [0.1, 0.15) is 0 Å². The fraction of sp³-hybridized carbons (Fsp3) is 0.258. The molecule has 1 aromatic heterocycles. The molecular weight excluding hydrogens is 528 g/mol. The number of H-pyrrole nitrogens is 1. The van der Waals surface area contributed by atoms with Gasteiger partial charge < -0.3 is 25.0 Å². The van der Waals surface area contributed by atoms with Gasteiger partial charge in [-0.25, -0.2) is 4.99 Å². The number of carbonyl (C=O) groups excluding carboxylic acids is 1. The standard InChI is InChI=1S/C31H33ClN4O4/c1-20(37)36(17-5-16-35(2)3)25-12-10-24(11-13-25)33-30(22-7-4-6-21(18-22)8-15-28(38)39)29-26-14-9-23(32)19-27(26)34-31(29)40/h4,6-7,9-14,18-19,34,40H,5,8,15-17H2,1-3H3,(H,38,39). The average molecular weight is 561 g/mol. The molecule has 1 heterocycles. The van der Waals surface area contributed by atoms with Crippen molar-refractivity contribution in [2.75, 3.05) is 32.1 Å². The van der Waals surface area contributed by atoms with E-state index < -0.39 is 5.97 Å². The Hall–Kier alpha value is -4.14. The highest BCUT2D eigenvalue weighted by atomic mass is 35.5. The first kappa shape index (κ1) is 28.9. The maximum absolute atomic E-state index is 12.3. The van der Waals surface area contributed by atoms with Crippen LogP contribution in [0.2, 0.25) is 5.02 Å². The van der Waals surface area contributed by atoms with E-state index >= 15 is 0 Å². The summed E-state index contributed by atoms with van der Waals surface area (Å²) in [7, 11) is 4.01. The van der Waals surface area contributed by atoms with Crippen LogP contribution >= 0.6 is 11.6 Å². The molecule has 0 radical (unpaired) electrons. The summed E-state index contributed by atoms with van der Waals surface area (Å²) in [6.45, 7) is 3.04. The number of halogens is 1. The zero-order chi connectivity index (χ0) is 28.8. The fourth-order valence-corrected chi connectivity index (χ4v) is 4.81. The monoisotopic (exact) mass is 560 g/mol. The number of nitrogens with one attached hydrogen (secondary N) is 1. The number of amides is 1. The van der Waals surface area contributed by atoms with Gasteiger partial charge in [0.25, 0.3) is 0 Å². The molecule has 0 saturated carbocycles. The Balaban J connectivity index is 1.76. The van der Waals surface area contributed by atoms with Crippen LogP contribution in [-0.2, 0) is 16.0 Å². The van der Waals surface area contributed by atoms with Crippen molar-refractivity contribution in [3.05, 3.63) is 88.4 Å². The molecule has 0 aliphatic rings. The summed E-state index contributed by atoms with van der Waals surface area (Å²) in [4.78, 5) is 35.3. The third-order valence-corrected chi connectivity index (χ3v) is 6.81. The summed E-state index contributed by atoms with van der Waals surface area (Å²) in [5, 5.41) is 21.4. The lowest BCUT2D eigenvalue weighted by Crippen LogP contribution is -2.31. The molecule has 0 aliphatic carbocycles. The quantitative estimate of drug-likeness (QED) is 0.194. The first-order valence-corrected chi connectivity index (χ1v) is 13.4. The number of benzene rings is 3. The fourth-order valence-electron chi connectivity index (χ4n) is 4.64. The largest absolute Gasteiger partial charge is 0.494 e. The van der Waals surface area contributed by atoms with Gasteiger partial charge in [-0.3, -0.25) is 9.59 Å². The molecule has 4 aromatic rings. The van der Waals surface area contributed by atoms with E-state index in [0.29, 0.717) is 40.5 Å². The summed E-state index contributed by atoms with van der Waals surface area (Å²) >= 11 is 6.19. The molecule has 0 spiro atoms. The summed E-state index contributed by atoms with van der Waals surface area (Å²) in [6.07, 6.45) is 1.23. The maximum Gasteiger partial charge on any atom is 0.303 e. The molecule has 0 unspecified atom stereocenters. The molecule has 208 valence electrons. The number of fused-ring (bicyclic) bond motifs is 1. The van der Waals surface area contributed by atoms with Crippen LogP contribution in [0.4, 0.5) is 11.4 Å². The van der Waals surface area contributed by atoms with Crippen LogP contribution in [0.1, 0.15) is 36.5 Å². The Morgan fingerprint density at radius 3 is 2.42 bits per heavy atom. The van der Waals surface area contributed by atoms with Crippen molar-refractivity contribution in [3.8, 4) is 5.88 Å². The van der Waals surface area contributed by atoms with E-state index in [0.717, 1.165) is 35.2 Å². The number of hydrogen-bond donors (Lipinski definition) is 3. The van der Waals surface area contributed by atoms with E-state index in [1.165, 1.54) is 0 Å². The molecule has 0 saturated heterocycles. The first-order valence-electron chi connectivity index (χ1n) is 13.1. The van der Waals surface area contributed by atoms with Crippen molar-refractivity contribution in [2.45, 2.75) is 26.2 Å². The predicted molar refractivity (Wildman–Crippen MR) is 160 cm³/mol. The molecule has 4 rings (SSSR count). The summed E-state index contributed by atoms with van der Waals surface area (Å²) in [5.74, 6) is -0.949. The summed E-state index contributed by atoms with van der Waals surface area (Å²) in [6, 6.07) is 20.2. The van der Waals surface area contributed by atoms with E-state index in [1.54, 1.807) is 24.0 Å². The van der Waals surface area contributed by atoms with Crippen LogP contribution in [-0.4, -0.2) is 64.9 Å². The number of aromatic nitrogens is 1. The second-order valence-electron chi connectivity index (χ2n) is 9.94. The molecule has 0 aliphatic heterocycles. The minimum absolute atomic E-state index is 0.00934. The van der Waals surface area contributed by atoms with Crippen LogP contribution in [0.25, 0.3) is 10.9 Å². The van der Waals surface area contributed by atoms with Crippen LogP contribution in [0.15, 0.2) is 71.7 Å². The zero-order valence-corrected chi connectivity index (χ0v) is 23.6. The van der Waals surface area contributed by atoms with Gasteiger partial charge in [0, 0.05) is 41.5 Å². The molecule has 3 N–H and O–H groups in total. The number of hydrogen-bond acceptors (Lipinski definition) is 5. The third-order valence-electron chi connectivity index (χ3n) is 6.58. The Morgan fingerprint density at radius 1 is 1.00 bits per heavy atom. The SMILES string of the molecule is CC(=O)N(CCCN(C)C)c1ccc(N=C(c2cccc(CCC(=O)O)c2)c2c(O)[nH]c3cc(Cl)ccc23)cc1. The smallest absolute Gasteiger partial charge is 0.303 e. The minimum Gasteiger partial charge on any atom is -0.494 e. The third kappa shape index (κ3) is 7.08. The molecule has 0 fully saturated rings. The van der Waals surface area contributed by atoms with Gasteiger partial charge in [-0.1, -0.05) is 35.9 Å². The molecule has 3 aromatic carbocycles. The number of aryl methyl sites for hydroxylation is 1.